The highest BCUT2D eigenvalue weighted by atomic mass is 16.5. The Balaban J connectivity index is 1.60. The number of aliphatic hydroxyl groups is 1. The summed E-state index contributed by atoms with van der Waals surface area (Å²) in [6.45, 7) is 19.7. The molecule has 0 aromatic rings. The molecule has 1 N–H and O–H groups in total. The average molecular weight is 485 g/mol. The van der Waals surface area contributed by atoms with Gasteiger partial charge in [0.05, 0.1) is 18.1 Å². The van der Waals surface area contributed by atoms with Gasteiger partial charge >= 0.3 is 5.97 Å². The third-order valence-corrected chi connectivity index (χ3v) is 13.7. The fraction of sp³-hybridized carbons (Fsp3) is 0.906. The first-order valence-electron chi connectivity index (χ1n) is 14.9. The molecule has 5 aliphatic carbocycles. The van der Waals surface area contributed by atoms with Crippen LogP contribution in [0.4, 0.5) is 0 Å². The van der Waals surface area contributed by atoms with Gasteiger partial charge in [0.25, 0.3) is 0 Å². The lowest BCUT2D eigenvalue weighted by molar-refractivity contribution is -0.207. The Morgan fingerprint density at radius 3 is 2.37 bits per heavy atom. The number of allylic oxidation sites excluding steroid dienone is 2. The van der Waals surface area contributed by atoms with E-state index in [-0.39, 0.29) is 39.1 Å². The normalized spacial score (nSPS) is 52.8. The number of esters is 1. The van der Waals surface area contributed by atoms with E-state index < -0.39 is 0 Å². The Morgan fingerprint density at radius 1 is 0.971 bits per heavy atom. The van der Waals surface area contributed by atoms with Gasteiger partial charge in [-0.1, -0.05) is 60.1 Å². The highest BCUT2D eigenvalue weighted by Crippen LogP contribution is 2.75. The molecule has 0 amide bonds. The molecule has 0 aromatic heterocycles. The molecule has 0 heterocycles. The molecule has 3 nitrogen and oxygen atoms in total. The number of ether oxygens (including phenoxy) is 1. The number of hydrogen-bond acceptors (Lipinski definition) is 3. The third-order valence-electron chi connectivity index (χ3n) is 13.7. The van der Waals surface area contributed by atoms with Crippen molar-refractivity contribution in [2.45, 2.75) is 119 Å². The van der Waals surface area contributed by atoms with Crippen LogP contribution < -0.4 is 0 Å². The zero-order valence-electron chi connectivity index (χ0n) is 23.9. The lowest BCUT2D eigenvalue weighted by Gasteiger charge is -2.71. The Hall–Kier alpha value is -0.830. The van der Waals surface area contributed by atoms with E-state index in [2.05, 4.69) is 54.5 Å². The van der Waals surface area contributed by atoms with Crippen molar-refractivity contribution < 1.29 is 14.6 Å². The molecule has 5 aliphatic rings. The summed E-state index contributed by atoms with van der Waals surface area (Å²) >= 11 is 0. The van der Waals surface area contributed by atoms with Crippen LogP contribution in [0.2, 0.25) is 0 Å². The maximum Gasteiger partial charge on any atom is 0.312 e. The predicted octanol–water partition coefficient (Wildman–Crippen LogP) is 7.57. The number of carbonyl (C=O) groups excluding carboxylic acids is 1. The zero-order valence-corrected chi connectivity index (χ0v) is 23.9. The molecule has 0 radical (unpaired) electrons. The van der Waals surface area contributed by atoms with E-state index in [4.69, 9.17) is 4.74 Å². The van der Waals surface area contributed by atoms with Gasteiger partial charge in [-0.05, 0) is 116 Å². The summed E-state index contributed by atoms with van der Waals surface area (Å²) in [4.78, 5) is 13.6. The lowest BCUT2D eigenvalue weighted by atomic mass is 9.33. The van der Waals surface area contributed by atoms with Crippen molar-refractivity contribution in [3.05, 3.63) is 11.6 Å². The van der Waals surface area contributed by atoms with Gasteiger partial charge in [0.15, 0.2) is 0 Å². The first-order chi connectivity index (χ1) is 16.3. The second kappa shape index (κ2) is 8.08. The van der Waals surface area contributed by atoms with E-state index in [1.165, 1.54) is 12.8 Å². The van der Waals surface area contributed by atoms with Gasteiger partial charge in [-0.25, -0.2) is 0 Å². The Morgan fingerprint density at radius 2 is 1.69 bits per heavy atom. The van der Waals surface area contributed by atoms with E-state index in [9.17, 15) is 9.90 Å². The molecule has 0 saturated heterocycles. The van der Waals surface area contributed by atoms with Crippen LogP contribution in [0.25, 0.3) is 0 Å². The molecule has 4 saturated carbocycles. The largest absolute Gasteiger partial charge is 0.466 e. The summed E-state index contributed by atoms with van der Waals surface area (Å²) in [7, 11) is 0. The first kappa shape index (κ1) is 25.8. The van der Waals surface area contributed by atoms with Crippen molar-refractivity contribution in [2.75, 3.05) is 6.61 Å². The predicted molar refractivity (Wildman–Crippen MR) is 142 cm³/mol. The minimum atomic E-state index is -0.325. The quantitative estimate of drug-likeness (QED) is 0.325. The van der Waals surface area contributed by atoms with Crippen LogP contribution in [0.15, 0.2) is 11.6 Å². The number of fused-ring (bicyclic) bond motifs is 7. The van der Waals surface area contributed by atoms with Crippen LogP contribution in [0.5, 0.6) is 0 Å². The Bertz CT molecular complexity index is 904. The summed E-state index contributed by atoms with van der Waals surface area (Å²) < 4.78 is 5.80. The monoisotopic (exact) mass is 484 g/mol. The molecule has 0 aliphatic heterocycles. The highest BCUT2D eigenvalue weighted by molar-refractivity contribution is 5.78. The van der Waals surface area contributed by atoms with E-state index in [1.807, 2.05) is 6.92 Å². The van der Waals surface area contributed by atoms with E-state index in [1.54, 1.807) is 5.57 Å². The molecule has 10 atom stereocenters. The Labute approximate surface area is 214 Å². The minimum Gasteiger partial charge on any atom is -0.466 e. The fourth-order valence-electron chi connectivity index (χ4n) is 11.1. The topological polar surface area (TPSA) is 46.5 Å². The fourth-order valence-corrected chi connectivity index (χ4v) is 11.1. The van der Waals surface area contributed by atoms with Crippen molar-refractivity contribution >= 4 is 5.97 Å². The number of hydrogen-bond donors (Lipinski definition) is 1. The van der Waals surface area contributed by atoms with Gasteiger partial charge in [-0.15, -0.1) is 0 Å². The second-order valence-corrected chi connectivity index (χ2v) is 14.9. The second-order valence-electron chi connectivity index (χ2n) is 14.9. The summed E-state index contributed by atoms with van der Waals surface area (Å²) in [5.74, 6) is 2.77. The molecule has 0 aromatic carbocycles. The maximum atomic E-state index is 13.6. The summed E-state index contributed by atoms with van der Waals surface area (Å²) in [5, 5.41) is 10.9. The van der Waals surface area contributed by atoms with Gasteiger partial charge in [0.1, 0.15) is 0 Å². The molecule has 35 heavy (non-hydrogen) atoms. The standard InChI is InChI=1S/C32H52O3/c1-9-35-27(34)32-17-12-20(2)21(3)26(32)22-10-11-24-29(6)15-14-25(33)28(4,5)23(29)13-16-31(24,8)30(22,7)18-19-32/h10,20-21,23-26,33H,9,11-19H2,1-8H3/t20-,21+,23?,24-,25+,26+,29+,30-,31-,32+/m1/s1. The lowest BCUT2D eigenvalue weighted by Crippen LogP contribution is -2.65. The molecule has 4 fully saturated rings. The van der Waals surface area contributed by atoms with Crippen LogP contribution in [0, 0.1) is 56.7 Å². The molecule has 3 heteroatoms. The highest BCUT2D eigenvalue weighted by Gasteiger charge is 2.69. The van der Waals surface area contributed by atoms with Crippen molar-refractivity contribution in [1.82, 2.24) is 0 Å². The van der Waals surface area contributed by atoms with Crippen molar-refractivity contribution in [3.8, 4) is 0 Å². The maximum absolute atomic E-state index is 13.6. The summed E-state index contributed by atoms with van der Waals surface area (Å²) in [6.07, 6.45) is 12.3. The number of carbonyl (C=O) groups is 1. The average Bonchev–Trinajstić information content (AvgIpc) is 2.79. The van der Waals surface area contributed by atoms with Crippen LogP contribution in [-0.4, -0.2) is 23.8 Å². The van der Waals surface area contributed by atoms with Gasteiger partial charge < -0.3 is 9.84 Å². The van der Waals surface area contributed by atoms with E-state index in [0.717, 1.165) is 44.9 Å². The van der Waals surface area contributed by atoms with Gasteiger partial charge in [0, 0.05) is 0 Å². The van der Waals surface area contributed by atoms with Crippen molar-refractivity contribution in [2.24, 2.45) is 56.7 Å². The van der Waals surface area contributed by atoms with Crippen LogP contribution in [-0.2, 0) is 9.53 Å². The number of aliphatic hydroxyl groups excluding tert-OH is 1. The molecule has 0 spiro atoms. The summed E-state index contributed by atoms with van der Waals surface area (Å²) in [5.41, 5.74) is 1.92. The Kier molecular flexibility index (Phi) is 5.96. The molecule has 0 bridgehead atoms. The summed E-state index contributed by atoms with van der Waals surface area (Å²) in [6, 6.07) is 0. The zero-order chi connectivity index (χ0) is 25.6. The van der Waals surface area contributed by atoms with E-state index >= 15 is 0 Å². The first-order valence-corrected chi connectivity index (χ1v) is 14.9. The van der Waals surface area contributed by atoms with Gasteiger partial charge in [-0.3, -0.25) is 4.79 Å². The molecule has 1 unspecified atom stereocenters. The van der Waals surface area contributed by atoms with E-state index in [0.29, 0.717) is 36.2 Å². The smallest absolute Gasteiger partial charge is 0.312 e. The van der Waals surface area contributed by atoms with Crippen LogP contribution in [0.3, 0.4) is 0 Å². The molecular formula is C32H52O3. The minimum absolute atomic E-state index is 0.0157. The van der Waals surface area contributed by atoms with Gasteiger partial charge in [0.2, 0.25) is 0 Å². The van der Waals surface area contributed by atoms with Crippen LogP contribution in [0.1, 0.15) is 113 Å². The SMILES string of the molecule is CCOC(=O)[C@]12CC[C@@H](C)[C@H](C)[C@H]1C1=CC[C@@H]3[C@@]4(C)CC[C@H](O)C(C)(C)C4CC[C@@]3(C)[C@]1(C)CC2. The van der Waals surface area contributed by atoms with Crippen molar-refractivity contribution in [3.63, 3.8) is 0 Å². The van der Waals surface area contributed by atoms with Crippen LogP contribution >= 0.6 is 0 Å². The number of rotatable bonds is 2. The molecular weight excluding hydrogens is 432 g/mol. The van der Waals surface area contributed by atoms with Gasteiger partial charge in [-0.2, -0.15) is 0 Å². The van der Waals surface area contributed by atoms with Crippen molar-refractivity contribution in [1.29, 1.82) is 0 Å². The molecule has 5 rings (SSSR count). The third kappa shape index (κ3) is 3.15. The molecule has 198 valence electrons.